The van der Waals surface area contributed by atoms with Gasteiger partial charge in [-0.15, -0.1) is 0 Å². The number of aliphatic hydroxyl groups is 1. The number of carbonyl (C=O) groups is 3. The highest BCUT2D eigenvalue weighted by Gasteiger charge is 2.71. The summed E-state index contributed by atoms with van der Waals surface area (Å²) in [5.41, 5.74) is -0.0406. The Morgan fingerprint density at radius 2 is 1.54 bits per heavy atom. The Morgan fingerprint density at radius 3 is 2.17 bits per heavy atom. The average Bonchev–Trinajstić information content (AvgIpc) is 3.29. The van der Waals surface area contributed by atoms with E-state index in [4.69, 9.17) is 14.2 Å². The van der Waals surface area contributed by atoms with Gasteiger partial charge in [-0.25, -0.2) is 0 Å². The number of likely N-dealkylation sites (tertiary alicyclic amines) is 1. The fourth-order valence-electron chi connectivity index (χ4n) is 6.60. The molecule has 5 atom stereocenters. The van der Waals surface area contributed by atoms with Gasteiger partial charge in [0, 0.05) is 31.0 Å². The number of anilines is 2. The van der Waals surface area contributed by atoms with Crippen molar-refractivity contribution in [1.82, 2.24) is 4.90 Å². The monoisotopic (exact) mass is 559 g/mol. The third kappa shape index (κ3) is 4.29. The number of methoxy groups -OCH3 is 1. The number of carbonyl (C=O) groups excluding carboxylic acids is 3. The second-order valence-corrected chi connectivity index (χ2v) is 10.5. The number of benzene rings is 2. The maximum Gasteiger partial charge on any atom is 0.253 e. The number of ether oxygens (including phenoxy) is 3. The van der Waals surface area contributed by atoms with Crippen LogP contribution in [0.3, 0.4) is 0 Å². The van der Waals surface area contributed by atoms with E-state index >= 15 is 0 Å². The summed E-state index contributed by atoms with van der Waals surface area (Å²) in [4.78, 5) is 47.2. The lowest BCUT2D eigenvalue weighted by molar-refractivity contribution is -0.141. The molecule has 1 N–H and O–H groups in total. The topological polar surface area (TPSA) is 109 Å². The van der Waals surface area contributed by atoms with Crippen molar-refractivity contribution in [3.63, 3.8) is 0 Å². The summed E-state index contributed by atoms with van der Waals surface area (Å²) in [5.74, 6) is -1.37. The van der Waals surface area contributed by atoms with Crippen LogP contribution in [0.15, 0.2) is 72.8 Å². The van der Waals surface area contributed by atoms with E-state index < -0.39 is 29.6 Å². The van der Waals surface area contributed by atoms with Crippen LogP contribution in [0.25, 0.3) is 0 Å². The Bertz CT molecular complexity index is 1390. The molecule has 10 heteroatoms. The van der Waals surface area contributed by atoms with E-state index in [9.17, 15) is 19.5 Å². The van der Waals surface area contributed by atoms with Crippen LogP contribution in [0.4, 0.5) is 11.4 Å². The fraction of sp³-hybridized carbons (Fsp3) is 0.387. The third-order valence-electron chi connectivity index (χ3n) is 8.34. The molecule has 4 aliphatic rings. The first-order chi connectivity index (χ1) is 19.9. The van der Waals surface area contributed by atoms with E-state index in [1.165, 1.54) is 4.90 Å². The lowest BCUT2D eigenvalue weighted by Gasteiger charge is -2.35. The molecule has 2 aromatic carbocycles. The third-order valence-corrected chi connectivity index (χ3v) is 8.34. The molecule has 41 heavy (non-hydrogen) atoms. The largest absolute Gasteiger partial charge is 0.497 e. The van der Waals surface area contributed by atoms with Crippen LogP contribution in [-0.4, -0.2) is 85.4 Å². The molecular formula is C31H33N3O7. The molecule has 0 radical (unpaired) electrons. The van der Waals surface area contributed by atoms with Gasteiger partial charge in [-0.1, -0.05) is 24.3 Å². The van der Waals surface area contributed by atoms with Crippen molar-refractivity contribution in [2.24, 2.45) is 11.8 Å². The molecule has 0 bridgehead atoms. The van der Waals surface area contributed by atoms with E-state index in [1.54, 1.807) is 47.3 Å². The predicted octanol–water partition coefficient (Wildman–Crippen LogP) is 2.17. The quantitative estimate of drug-likeness (QED) is 0.518. The molecular weight excluding hydrogens is 526 g/mol. The first-order valence-corrected chi connectivity index (χ1v) is 13.9. The smallest absolute Gasteiger partial charge is 0.253 e. The Hall–Kier alpha value is -4.15. The van der Waals surface area contributed by atoms with Gasteiger partial charge in [-0.2, -0.15) is 0 Å². The van der Waals surface area contributed by atoms with Crippen molar-refractivity contribution in [1.29, 1.82) is 0 Å². The molecule has 2 fully saturated rings. The van der Waals surface area contributed by atoms with Crippen LogP contribution >= 0.6 is 0 Å². The van der Waals surface area contributed by atoms with Crippen LogP contribution in [0, 0.1) is 11.8 Å². The molecule has 4 aliphatic heterocycles. The van der Waals surface area contributed by atoms with E-state index in [2.05, 4.69) is 0 Å². The van der Waals surface area contributed by atoms with Crippen LogP contribution in [0.5, 0.6) is 11.5 Å². The molecule has 1 spiro atoms. The maximum absolute atomic E-state index is 14.3. The average molecular weight is 560 g/mol. The SMILES string of the molecule is CCOc1ccc(N2CC=C[C@H]3O[C@]45C=CCN(c6ccc(OC)cc6)C(=O)C4N(CCO)C(=O)[C@@H]5[C@H]3C2=O)cc1. The van der Waals surface area contributed by atoms with E-state index in [0.29, 0.717) is 36.0 Å². The van der Waals surface area contributed by atoms with E-state index in [-0.39, 0.29) is 37.4 Å². The van der Waals surface area contributed by atoms with Gasteiger partial charge in [0.25, 0.3) is 5.91 Å². The van der Waals surface area contributed by atoms with Gasteiger partial charge in [0.15, 0.2) is 0 Å². The van der Waals surface area contributed by atoms with Crippen LogP contribution in [0.1, 0.15) is 6.92 Å². The second kappa shape index (κ2) is 10.7. The number of amides is 3. The summed E-state index contributed by atoms with van der Waals surface area (Å²) >= 11 is 0. The fourth-order valence-corrected chi connectivity index (χ4v) is 6.60. The van der Waals surface area contributed by atoms with Gasteiger partial charge < -0.3 is 34.0 Å². The van der Waals surface area contributed by atoms with Crippen molar-refractivity contribution in [3.05, 3.63) is 72.8 Å². The highest BCUT2D eigenvalue weighted by atomic mass is 16.5. The number of hydrogen-bond donors (Lipinski definition) is 1. The Kier molecular flexibility index (Phi) is 7.04. The summed E-state index contributed by atoms with van der Waals surface area (Å²) in [7, 11) is 1.57. The molecule has 2 saturated heterocycles. The zero-order valence-electron chi connectivity index (χ0n) is 23.0. The van der Waals surface area contributed by atoms with Crippen LogP contribution < -0.4 is 19.3 Å². The normalized spacial score (nSPS) is 28.8. The summed E-state index contributed by atoms with van der Waals surface area (Å²) in [5, 5.41) is 9.89. The Labute approximate surface area is 238 Å². The molecule has 2 aromatic rings. The first-order valence-electron chi connectivity index (χ1n) is 13.9. The minimum Gasteiger partial charge on any atom is -0.497 e. The predicted molar refractivity (Wildman–Crippen MR) is 151 cm³/mol. The number of fused-ring (bicyclic) bond motifs is 2. The van der Waals surface area contributed by atoms with Crippen molar-refractivity contribution >= 4 is 29.1 Å². The van der Waals surface area contributed by atoms with Gasteiger partial charge >= 0.3 is 0 Å². The van der Waals surface area contributed by atoms with Gasteiger partial charge in [0.1, 0.15) is 23.1 Å². The van der Waals surface area contributed by atoms with Crippen molar-refractivity contribution in [3.8, 4) is 11.5 Å². The van der Waals surface area contributed by atoms with Crippen LogP contribution in [-0.2, 0) is 19.1 Å². The van der Waals surface area contributed by atoms with E-state index in [0.717, 1.165) is 0 Å². The van der Waals surface area contributed by atoms with Crippen molar-refractivity contribution in [2.45, 2.75) is 24.7 Å². The van der Waals surface area contributed by atoms with Crippen LogP contribution in [0.2, 0.25) is 0 Å². The van der Waals surface area contributed by atoms with Gasteiger partial charge in [0.2, 0.25) is 11.8 Å². The molecule has 3 amide bonds. The first kappa shape index (κ1) is 27.0. The minimum absolute atomic E-state index is 0.0504. The Morgan fingerprint density at radius 1 is 0.902 bits per heavy atom. The molecule has 6 rings (SSSR count). The highest BCUT2D eigenvalue weighted by Crippen LogP contribution is 2.53. The molecule has 214 valence electrons. The van der Waals surface area contributed by atoms with Gasteiger partial charge in [-0.05, 0) is 55.5 Å². The molecule has 1 unspecified atom stereocenters. The zero-order valence-corrected chi connectivity index (χ0v) is 23.0. The van der Waals surface area contributed by atoms with E-state index in [1.807, 2.05) is 49.4 Å². The number of β-amino-alcohol motifs (C(OH)–C–C–N with tert-alkyl or cyclic N) is 1. The highest BCUT2D eigenvalue weighted by molar-refractivity contribution is 6.07. The zero-order chi connectivity index (χ0) is 28.7. The lowest BCUT2D eigenvalue weighted by atomic mass is 9.77. The number of rotatable bonds is 7. The summed E-state index contributed by atoms with van der Waals surface area (Å²) in [6, 6.07) is 13.3. The molecule has 0 aromatic heterocycles. The maximum atomic E-state index is 14.3. The number of nitrogens with zero attached hydrogens (tertiary/aromatic N) is 3. The van der Waals surface area contributed by atoms with Gasteiger partial charge in [-0.3, -0.25) is 14.4 Å². The summed E-state index contributed by atoms with van der Waals surface area (Å²) < 4.78 is 17.4. The summed E-state index contributed by atoms with van der Waals surface area (Å²) in [6.07, 6.45) is 6.63. The lowest BCUT2D eigenvalue weighted by Crippen LogP contribution is -2.55. The minimum atomic E-state index is -1.36. The summed E-state index contributed by atoms with van der Waals surface area (Å²) in [6.45, 7) is 2.64. The molecule has 4 heterocycles. The standard InChI is InChI=1S/C31H33N3O7/c1-3-40-23-13-9-20(10-14-23)32-16-4-6-24-25(28(32)36)26-29(37)34(18-19-35)27-30(38)33(17-5-15-31(26,27)41-24)21-7-11-22(39-2)12-8-21/h4-15,24-27,35H,3,16-19H2,1-2H3/t24-,25+,26+,27?,31+/m1/s1. The van der Waals surface area contributed by atoms with Crippen molar-refractivity contribution in [2.75, 3.05) is 49.8 Å². The number of aliphatic hydroxyl groups excluding tert-OH is 1. The Balaban J connectivity index is 1.38. The second-order valence-electron chi connectivity index (χ2n) is 10.5. The number of hydrogen-bond acceptors (Lipinski definition) is 7. The molecule has 10 nitrogen and oxygen atoms in total. The molecule has 0 aliphatic carbocycles. The molecule has 0 saturated carbocycles. The van der Waals surface area contributed by atoms with Crippen molar-refractivity contribution < 1.29 is 33.7 Å². The van der Waals surface area contributed by atoms with Gasteiger partial charge in [0.05, 0.1) is 38.3 Å².